The van der Waals surface area contributed by atoms with E-state index < -0.39 is 24.7 Å². The molecule has 0 aliphatic heterocycles. The summed E-state index contributed by atoms with van der Waals surface area (Å²) in [4.78, 5) is 2.22. The third-order valence-electron chi connectivity index (χ3n) is 11.4. The van der Waals surface area contributed by atoms with Crippen molar-refractivity contribution in [2.24, 2.45) is 23.2 Å². The first kappa shape index (κ1) is 35.4. The normalized spacial score (nSPS) is 29.4. The monoisotopic (exact) mass is 633 g/mol. The molecule has 0 aromatic heterocycles. The maximum atomic E-state index is 15.5. The van der Waals surface area contributed by atoms with E-state index in [1.165, 1.54) is 5.56 Å². The SMILES string of the molecule is CN(CCCCCCCCC(F)(F)C(F)(F)F)CCCCC(F)C[C@@H]1Cc2cc(O)ccc2[C@H]2CC[C@]3(C)[C@@H](O)CC[C@H]3[C@H]12. The second-order valence-electron chi connectivity index (χ2n) is 14.5. The van der Waals surface area contributed by atoms with Gasteiger partial charge >= 0.3 is 12.1 Å². The highest BCUT2D eigenvalue weighted by atomic mass is 19.4. The van der Waals surface area contributed by atoms with Crippen molar-refractivity contribution in [3.05, 3.63) is 29.3 Å². The molecule has 2 saturated carbocycles. The first-order chi connectivity index (χ1) is 20.7. The van der Waals surface area contributed by atoms with Crippen LogP contribution in [0.1, 0.15) is 120 Å². The maximum Gasteiger partial charge on any atom is 0.453 e. The lowest BCUT2D eigenvalue weighted by atomic mass is 9.52. The van der Waals surface area contributed by atoms with Gasteiger partial charge in [0.15, 0.2) is 0 Å². The van der Waals surface area contributed by atoms with Crippen LogP contribution in [0.4, 0.5) is 26.3 Å². The van der Waals surface area contributed by atoms with Gasteiger partial charge in [-0.2, -0.15) is 22.0 Å². The van der Waals surface area contributed by atoms with Gasteiger partial charge in [0.1, 0.15) is 11.9 Å². The lowest BCUT2D eigenvalue weighted by molar-refractivity contribution is -0.284. The van der Waals surface area contributed by atoms with Gasteiger partial charge in [-0.3, -0.25) is 0 Å². The molecule has 2 fully saturated rings. The van der Waals surface area contributed by atoms with Gasteiger partial charge in [-0.05, 0) is 143 Å². The molecule has 7 atom stereocenters. The number of phenolic OH excluding ortho intramolecular Hbond substituents is 1. The Morgan fingerprint density at radius 1 is 0.932 bits per heavy atom. The second-order valence-corrected chi connectivity index (χ2v) is 14.5. The highest BCUT2D eigenvalue weighted by molar-refractivity contribution is 5.40. The fourth-order valence-electron chi connectivity index (χ4n) is 8.86. The molecular weight excluding hydrogens is 580 g/mol. The van der Waals surface area contributed by atoms with Crippen LogP contribution in [-0.2, 0) is 6.42 Å². The lowest BCUT2D eigenvalue weighted by Crippen LogP contribution is -2.47. The number of aliphatic hydroxyl groups excluding tert-OH is 1. The summed E-state index contributed by atoms with van der Waals surface area (Å²) in [5.41, 5.74) is 2.39. The minimum absolute atomic E-state index is 0.0847. The lowest BCUT2D eigenvalue weighted by Gasteiger charge is -2.53. The van der Waals surface area contributed by atoms with Crippen molar-refractivity contribution >= 4 is 0 Å². The molecule has 4 rings (SSSR count). The molecule has 0 heterocycles. The maximum absolute atomic E-state index is 15.5. The number of fused-ring (bicyclic) bond motifs is 5. The summed E-state index contributed by atoms with van der Waals surface area (Å²) in [6, 6.07) is 5.72. The van der Waals surface area contributed by atoms with Gasteiger partial charge in [-0.25, -0.2) is 4.39 Å². The number of phenols is 1. The summed E-state index contributed by atoms with van der Waals surface area (Å²) in [6.45, 7) is 4.00. The molecule has 0 amide bonds. The molecule has 252 valence electrons. The molecule has 0 bridgehead atoms. The second kappa shape index (κ2) is 15.0. The Morgan fingerprint density at radius 3 is 2.30 bits per heavy atom. The van der Waals surface area contributed by atoms with E-state index in [0.717, 1.165) is 82.9 Å². The van der Waals surface area contributed by atoms with Crippen LogP contribution in [-0.4, -0.2) is 59.6 Å². The Hall–Kier alpha value is -1.48. The van der Waals surface area contributed by atoms with E-state index in [1.54, 1.807) is 6.07 Å². The molecule has 1 aromatic carbocycles. The number of benzene rings is 1. The molecule has 1 aromatic rings. The molecule has 44 heavy (non-hydrogen) atoms. The van der Waals surface area contributed by atoms with Crippen molar-refractivity contribution in [2.45, 2.75) is 140 Å². The summed E-state index contributed by atoms with van der Waals surface area (Å²) in [6.07, 6.45) is 3.25. The van der Waals surface area contributed by atoms with Crippen molar-refractivity contribution in [3.63, 3.8) is 0 Å². The quantitative estimate of drug-likeness (QED) is 0.141. The number of rotatable bonds is 16. The summed E-state index contributed by atoms with van der Waals surface area (Å²) in [7, 11) is 2.04. The minimum Gasteiger partial charge on any atom is -0.508 e. The molecule has 3 nitrogen and oxygen atoms in total. The van der Waals surface area contributed by atoms with Gasteiger partial charge in [-0.15, -0.1) is 0 Å². The molecular formula is C35H53F6NO2. The Labute approximate surface area is 259 Å². The summed E-state index contributed by atoms with van der Waals surface area (Å²) in [5.74, 6) is -2.97. The molecule has 3 aliphatic rings. The number of hydrogen-bond donors (Lipinski definition) is 2. The topological polar surface area (TPSA) is 43.7 Å². The fraction of sp³-hybridized carbons (Fsp3) is 0.829. The van der Waals surface area contributed by atoms with Crippen LogP contribution < -0.4 is 0 Å². The smallest absolute Gasteiger partial charge is 0.453 e. The Bertz CT molecular complexity index is 1050. The van der Waals surface area contributed by atoms with Crippen LogP contribution in [0.2, 0.25) is 0 Å². The van der Waals surface area contributed by atoms with Crippen LogP contribution in [0.25, 0.3) is 0 Å². The summed E-state index contributed by atoms with van der Waals surface area (Å²) in [5, 5.41) is 21.0. The number of alkyl halides is 6. The molecule has 2 N–H and O–H groups in total. The van der Waals surface area contributed by atoms with Gasteiger partial charge in [0.05, 0.1) is 6.10 Å². The van der Waals surface area contributed by atoms with Crippen LogP contribution in [0, 0.1) is 23.2 Å². The predicted molar refractivity (Wildman–Crippen MR) is 162 cm³/mol. The molecule has 0 saturated heterocycles. The average molecular weight is 634 g/mol. The zero-order valence-electron chi connectivity index (χ0n) is 26.5. The van der Waals surface area contributed by atoms with Crippen LogP contribution in [0.15, 0.2) is 18.2 Å². The molecule has 9 heteroatoms. The van der Waals surface area contributed by atoms with Crippen LogP contribution in [0.3, 0.4) is 0 Å². The van der Waals surface area contributed by atoms with E-state index in [9.17, 15) is 32.2 Å². The van der Waals surface area contributed by atoms with Gasteiger partial charge in [0.25, 0.3) is 0 Å². The molecule has 0 radical (unpaired) electrons. The van der Waals surface area contributed by atoms with Gasteiger partial charge in [0, 0.05) is 6.42 Å². The third-order valence-corrected chi connectivity index (χ3v) is 11.4. The number of aliphatic hydroxyl groups is 1. The fourth-order valence-corrected chi connectivity index (χ4v) is 8.86. The van der Waals surface area contributed by atoms with E-state index in [1.807, 2.05) is 13.1 Å². The van der Waals surface area contributed by atoms with Crippen molar-refractivity contribution < 1.29 is 36.6 Å². The van der Waals surface area contributed by atoms with E-state index in [-0.39, 0.29) is 29.6 Å². The van der Waals surface area contributed by atoms with E-state index in [4.69, 9.17) is 0 Å². The first-order valence-corrected chi connectivity index (χ1v) is 17.0. The number of hydrogen-bond acceptors (Lipinski definition) is 3. The van der Waals surface area contributed by atoms with Gasteiger partial charge in [-0.1, -0.05) is 38.7 Å². The average Bonchev–Trinajstić information content (AvgIpc) is 3.25. The third kappa shape index (κ3) is 8.45. The zero-order valence-corrected chi connectivity index (χ0v) is 26.5. The molecule has 0 spiro atoms. The van der Waals surface area contributed by atoms with E-state index in [0.29, 0.717) is 43.4 Å². The summed E-state index contributed by atoms with van der Waals surface area (Å²) >= 11 is 0. The van der Waals surface area contributed by atoms with E-state index in [2.05, 4.69) is 17.9 Å². The number of nitrogens with zero attached hydrogens (tertiary/aromatic N) is 1. The van der Waals surface area contributed by atoms with Crippen LogP contribution >= 0.6 is 0 Å². The van der Waals surface area contributed by atoms with Crippen molar-refractivity contribution in [2.75, 3.05) is 20.1 Å². The van der Waals surface area contributed by atoms with E-state index >= 15 is 4.39 Å². The predicted octanol–water partition coefficient (Wildman–Crippen LogP) is 9.59. The number of unbranched alkanes of at least 4 members (excludes halogenated alkanes) is 6. The Kier molecular flexibility index (Phi) is 12.0. The standard InChI is InChI=1S/C35H53F6NO2/c1-33-18-16-29-28-13-12-27(43)23-24(28)21-25(32(29)30(33)14-15-31(33)44)22-26(36)11-7-10-20-42(2)19-9-6-4-3-5-8-17-34(37,38)35(39,40)41/h12-13,23,25-26,29-32,43-44H,3-11,14-22H2,1-2H3/t25-,26?,29+,30-,31-,32+,33-/m0/s1. The van der Waals surface area contributed by atoms with Crippen LogP contribution in [0.5, 0.6) is 5.75 Å². The Balaban J connectivity index is 1.14. The molecule has 1 unspecified atom stereocenters. The minimum atomic E-state index is -5.46. The van der Waals surface area contributed by atoms with Crippen molar-refractivity contribution in [1.29, 1.82) is 0 Å². The van der Waals surface area contributed by atoms with Gasteiger partial charge < -0.3 is 15.1 Å². The zero-order chi connectivity index (χ0) is 32.1. The van der Waals surface area contributed by atoms with Gasteiger partial charge in [0.2, 0.25) is 0 Å². The number of halogens is 6. The number of aromatic hydroxyl groups is 1. The largest absolute Gasteiger partial charge is 0.508 e. The first-order valence-electron chi connectivity index (χ1n) is 17.0. The highest BCUT2D eigenvalue weighted by Crippen LogP contribution is 2.62. The van der Waals surface area contributed by atoms with Crippen molar-refractivity contribution in [3.8, 4) is 5.75 Å². The summed E-state index contributed by atoms with van der Waals surface area (Å²) < 4.78 is 78.1. The Morgan fingerprint density at radius 2 is 1.59 bits per heavy atom. The van der Waals surface area contributed by atoms with Crippen molar-refractivity contribution in [1.82, 2.24) is 4.90 Å². The highest BCUT2D eigenvalue weighted by Gasteiger charge is 2.57. The molecule has 3 aliphatic carbocycles.